The zero-order valence-corrected chi connectivity index (χ0v) is 16.4. The lowest BCUT2D eigenvalue weighted by Crippen LogP contribution is -2.49. The molecular formula is C22H32N2O3. The Morgan fingerprint density at radius 3 is 2.89 bits per heavy atom. The first-order valence-electron chi connectivity index (χ1n) is 10.5. The van der Waals surface area contributed by atoms with Crippen molar-refractivity contribution >= 4 is 11.8 Å². The van der Waals surface area contributed by atoms with E-state index in [2.05, 4.69) is 12.2 Å². The lowest BCUT2D eigenvalue weighted by molar-refractivity contribution is -0.140. The monoisotopic (exact) mass is 372 g/mol. The van der Waals surface area contributed by atoms with Crippen LogP contribution in [0.5, 0.6) is 5.75 Å². The van der Waals surface area contributed by atoms with E-state index in [1.54, 1.807) is 0 Å². The Morgan fingerprint density at radius 2 is 2.04 bits per heavy atom. The third kappa shape index (κ3) is 5.24. The molecule has 0 saturated carbocycles. The second-order valence-corrected chi connectivity index (χ2v) is 7.79. The summed E-state index contributed by atoms with van der Waals surface area (Å²) < 4.78 is 5.78. The topological polar surface area (TPSA) is 58.6 Å². The van der Waals surface area contributed by atoms with Crippen molar-refractivity contribution in [2.24, 2.45) is 11.8 Å². The van der Waals surface area contributed by atoms with E-state index in [0.29, 0.717) is 13.2 Å². The molecular weight excluding hydrogens is 340 g/mol. The average molecular weight is 373 g/mol. The van der Waals surface area contributed by atoms with Gasteiger partial charge in [0.15, 0.2) is 0 Å². The number of para-hydroxylation sites is 1. The number of nitrogens with one attached hydrogen (secondary N) is 1. The van der Waals surface area contributed by atoms with Crippen LogP contribution in [0.3, 0.4) is 0 Å². The molecule has 1 saturated heterocycles. The van der Waals surface area contributed by atoms with Gasteiger partial charge in [-0.3, -0.25) is 9.59 Å². The van der Waals surface area contributed by atoms with Crippen molar-refractivity contribution in [1.82, 2.24) is 10.2 Å². The van der Waals surface area contributed by atoms with Gasteiger partial charge in [0, 0.05) is 19.6 Å². The zero-order chi connectivity index (χ0) is 19.1. The summed E-state index contributed by atoms with van der Waals surface area (Å²) in [7, 11) is 0. The third-order valence-electron chi connectivity index (χ3n) is 5.66. The van der Waals surface area contributed by atoms with Crippen LogP contribution in [0.1, 0.15) is 51.0 Å². The van der Waals surface area contributed by atoms with E-state index in [-0.39, 0.29) is 23.7 Å². The van der Waals surface area contributed by atoms with Crippen LogP contribution in [0.2, 0.25) is 0 Å². The van der Waals surface area contributed by atoms with Gasteiger partial charge in [-0.2, -0.15) is 0 Å². The van der Waals surface area contributed by atoms with Crippen molar-refractivity contribution in [3.05, 3.63) is 29.8 Å². The molecule has 2 aliphatic heterocycles. The minimum Gasteiger partial charge on any atom is -0.492 e. The molecule has 2 atom stereocenters. The van der Waals surface area contributed by atoms with Crippen LogP contribution >= 0.6 is 0 Å². The number of carbonyl (C=O) groups is 2. The maximum Gasteiger partial charge on any atom is 0.229 e. The van der Waals surface area contributed by atoms with Crippen molar-refractivity contribution in [3.8, 4) is 5.75 Å². The summed E-state index contributed by atoms with van der Waals surface area (Å²) in [5, 5.41) is 3.06. The summed E-state index contributed by atoms with van der Waals surface area (Å²) in [5.74, 6) is 0.904. The van der Waals surface area contributed by atoms with E-state index >= 15 is 0 Å². The summed E-state index contributed by atoms with van der Waals surface area (Å²) >= 11 is 0. The fourth-order valence-corrected chi connectivity index (χ4v) is 4.04. The first-order valence-corrected chi connectivity index (χ1v) is 10.5. The van der Waals surface area contributed by atoms with Crippen LogP contribution in [-0.2, 0) is 16.0 Å². The molecule has 2 aliphatic rings. The van der Waals surface area contributed by atoms with Gasteiger partial charge < -0.3 is 15.0 Å². The van der Waals surface area contributed by atoms with Crippen molar-refractivity contribution in [2.75, 3.05) is 26.2 Å². The second kappa shape index (κ2) is 9.77. The van der Waals surface area contributed by atoms with Gasteiger partial charge in [-0.15, -0.1) is 0 Å². The number of fused-ring (bicyclic) bond motifs is 1. The van der Waals surface area contributed by atoms with Crippen LogP contribution < -0.4 is 10.1 Å². The van der Waals surface area contributed by atoms with E-state index < -0.39 is 0 Å². The van der Waals surface area contributed by atoms with E-state index in [4.69, 9.17) is 4.74 Å². The minimum atomic E-state index is -0.143. The normalized spacial score (nSPS) is 21.9. The molecule has 0 radical (unpaired) electrons. The van der Waals surface area contributed by atoms with Gasteiger partial charge in [0.1, 0.15) is 12.4 Å². The van der Waals surface area contributed by atoms with Gasteiger partial charge in [0.25, 0.3) is 0 Å². The van der Waals surface area contributed by atoms with E-state index in [9.17, 15) is 9.59 Å². The molecule has 148 valence electrons. The zero-order valence-electron chi connectivity index (χ0n) is 16.4. The smallest absolute Gasteiger partial charge is 0.229 e. The van der Waals surface area contributed by atoms with Crippen LogP contribution in [0.25, 0.3) is 0 Å². The fourth-order valence-electron chi connectivity index (χ4n) is 4.04. The highest BCUT2D eigenvalue weighted by Gasteiger charge is 2.33. The molecule has 2 unspecified atom stereocenters. The summed E-state index contributed by atoms with van der Waals surface area (Å²) in [6.45, 7) is 4.65. The van der Waals surface area contributed by atoms with Crippen molar-refractivity contribution < 1.29 is 14.3 Å². The van der Waals surface area contributed by atoms with Gasteiger partial charge in [0.2, 0.25) is 11.8 Å². The van der Waals surface area contributed by atoms with Crippen molar-refractivity contribution in [1.29, 1.82) is 0 Å². The first kappa shape index (κ1) is 19.7. The Hall–Kier alpha value is -2.04. The largest absolute Gasteiger partial charge is 0.492 e. The van der Waals surface area contributed by atoms with E-state index in [0.717, 1.165) is 56.5 Å². The van der Waals surface area contributed by atoms with Crippen LogP contribution in [-0.4, -0.2) is 43.0 Å². The molecule has 1 N–H and O–H groups in total. The number of nitrogens with zero attached hydrogens (tertiary/aromatic N) is 1. The Balaban J connectivity index is 1.49. The Kier molecular flexibility index (Phi) is 7.13. The molecule has 1 fully saturated rings. The molecule has 0 aliphatic carbocycles. The number of hydrogen-bond donors (Lipinski definition) is 1. The molecule has 0 bridgehead atoms. The number of hydrogen-bond acceptors (Lipinski definition) is 3. The maximum atomic E-state index is 13.0. The van der Waals surface area contributed by atoms with Crippen LogP contribution in [0, 0.1) is 11.8 Å². The quantitative estimate of drug-likeness (QED) is 0.748. The molecule has 5 heteroatoms. The first-order chi connectivity index (χ1) is 13.2. The number of rotatable bonds is 7. The molecule has 0 spiro atoms. The SMILES string of the molecule is CCCCCCNC(=O)C1CCCN(C(=O)C2COc3ccccc3C2)C1. The highest BCUT2D eigenvalue weighted by Crippen LogP contribution is 2.29. The summed E-state index contributed by atoms with van der Waals surface area (Å²) in [6, 6.07) is 7.92. The highest BCUT2D eigenvalue weighted by atomic mass is 16.5. The van der Waals surface area contributed by atoms with E-state index in [1.807, 2.05) is 29.2 Å². The Morgan fingerprint density at radius 1 is 1.19 bits per heavy atom. The highest BCUT2D eigenvalue weighted by molar-refractivity contribution is 5.82. The molecule has 1 aromatic carbocycles. The predicted molar refractivity (Wildman–Crippen MR) is 106 cm³/mol. The standard InChI is InChI=1S/C22H32N2O3/c1-2-3-4-7-12-23-21(25)18-10-8-13-24(15-18)22(26)19-14-17-9-5-6-11-20(17)27-16-19/h5-6,9,11,18-19H,2-4,7-8,10,12-16H2,1H3,(H,23,25). The lowest BCUT2D eigenvalue weighted by atomic mass is 9.92. The van der Waals surface area contributed by atoms with Crippen molar-refractivity contribution in [3.63, 3.8) is 0 Å². The van der Waals surface area contributed by atoms with Gasteiger partial charge in [-0.1, -0.05) is 44.4 Å². The number of piperidine rings is 1. The van der Waals surface area contributed by atoms with Crippen LogP contribution in [0.4, 0.5) is 0 Å². The fraction of sp³-hybridized carbons (Fsp3) is 0.636. The molecule has 2 amide bonds. The molecule has 27 heavy (non-hydrogen) atoms. The maximum absolute atomic E-state index is 13.0. The lowest BCUT2D eigenvalue weighted by Gasteiger charge is -2.35. The predicted octanol–water partition coefficient (Wildman–Crippen LogP) is 3.17. The number of carbonyl (C=O) groups excluding carboxylic acids is 2. The number of likely N-dealkylation sites (tertiary alicyclic amines) is 1. The van der Waals surface area contributed by atoms with Gasteiger partial charge in [-0.25, -0.2) is 0 Å². The summed E-state index contributed by atoms with van der Waals surface area (Å²) in [6.07, 6.45) is 7.10. The molecule has 1 aromatic rings. The summed E-state index contributed by atoms with van der Waals surface area (Å²) in [4.78, 5) is 27.3. The third-order valence-corrected chi connectivity index (χ3v) is 5.66. The summed E-state index contributed by atoms with van der Waals surface area (Å²) in [5.41, 5.74) is 1.10. The van der Waals surface area contributed by atoms with Gasteiger partial charge in [0.05, 0.1) is 11.8 Å². The Bertz CT molecular complexity index is 646. The minimum absolute atomic E-state index is 0.0781. The van der Waals surface area contributed by atoms with Crippen molar-refractivity contribution in [2.45, 2.75) is 51.9 Å². The number of amides is 2. The molecule has 5 nitrogen and oxygen atoms in total. The second-order valence-electron chi connectivity index (χ2n) is 7.79. The average Bonchev–Trinajstić information content (AvgIpc) is 2.72. The van der Waals surface area contributed by atoms with Gasteiger partial charge in [-0.05, 0) is 37.3 Å². The number of ether oxygens (including phenoxy) is 1. The van der Waals surface area contributed by atoms with Crippen LogP contribution in [0.15, 0.2) is 24.3 Å². The number of unbranched alkanes of at least 4 members (excludes halogenated alkanes) is 3. The molecule has 2 heterocycles. The Labute approximate surface area is 162 Å². The molecule has 3 rings (SSSR count). The molecule has 0 aromatic heterocycles. The van der Waals surface area contributed by atoms with E-state index in [1.165, 1.54) is 12.8 Å². The number of benzene rings is 1. The van der Waals surface area contributed by atoms with Gasteiger partial charge >= 0.3 is 0 Å².